The lowest BCUT2D eigenvalue weighted by molar-refractivity contribution is -0.146. The van der Waals surface area contributed by atoms with E-state index in [-0.39, 0.29) is 25.3 Å². The van der Waals surface area contributed by atoms with Gasteiger partial charge in [-0.05, 0) is 26.2 Å². The first-order valence-electron chi connectivity index (χ1n) is 9.62. The molecule has 3 amide bonds. The van der Waals surface area contributed by atoms with Crippen molar-refractivity contribution in [2.75, 3.05) is 7.05 Å². The van der Waals surface area contributed by atoms with Gasteiger partial charge in [-0.2, -0.15) is 0 Å². The van der Waals surface area contributed by atoms with Crippen molar-refractivity contribution in [2.45, 2.75) is 90.3 Å². The van der Waals surface area contributed by atoms with Crippen LogP contribution >= 0.6 is 0 Å². The van der Waals surface area contributed by atoms with E-state index in [1.165, 1.54) is 7.05 Å². The van der Waals surface area contributed by atoms with Gasteiger partial charge in [0.15, 0.2) is 0 Å². The molecule has 0 aromatic carbocycles. The predicted molar refractivity (Wildman–Crippen MR) is 101 cm³/mol. The second-order valence-electron chi connectivity index (χ2n) is 6.68. The lowest BCUT2D eigenvalue weighted by Crippen LogP contribution is -2.50. The van der Waals surface area contributed by atoms with Gasteiger partial charge in [-0.25, -0.2) is 0 Å². The van der Waals surface area contributed by atoms with Crippen molar-refractivity contribution in [1.82, 2.24) is 15.5 Å². The van der Waals surface area contributed by atoms with E-state index in [1.807, 2.05) is 6.92 Å². The van der Waals surface area contributed by atoms with E-state index in [4.69, 9.17) is 0 Å². The Morgan fingerprint density at radius 3 is 2.27 bits per heavy atom. The molecule has 7 nitrogen and oxygen atoms in total. The Morgan fingerprint density at radius 1 is 1.08 bits per heavy atom. The van der Waals surface area contributed by atoms with Crippen LogP contribution in [0.2, 0.25) is 0 Å². The van der Waals surface area contributed by atoms with E-state index in [9.17, 15) is 19.2 Å². The number of carbonyl (C=O) groups excluding carboxylic acids is 4. The van der Waals surface area contributed by atoms with Gasteiger partial charge in [-0.3, -0.25) is 19.3 Å². The highest BCUT2D eigenvalue weighted by Crippen LogP contribution is 2.12. The molecule has 0 fully saturated rings. The van der Waals surface area contributed by atoms with Gasteiger partial charge >= 0.3 is 0 Å². The third-order valence-corrected chi connectivity index (χ3v) is 4.39. The van der Waals surface area contributed by atoms with Crippen molar-refractivity contribution in [3.63, 3.8) is 0 Å². The molecular weight excluding hydrogens is 334 g/mol. The van der Waals surface area contributed by atoms with Crippen LogP contribution in [0.4, 0.5) is 0 Å². The zero-order valence-electron chi connectivity index (χ0n) is 16.6. The summed E-state index contributed by atoms with van der Waals surface area (Å²) in [6.45, 7) is 6.19. The molecule has 0 heterocycles. The van der Waals surface area contributed by atoms with Crippen molar-refractivity contribution >= 4 is 24.5 Å². The number of nitrogens with one attached hydrogen (secondary N) is 2. The van der Waals surface area contributed by atoms with Crippen molar-refractivity contribution < 1.29 is 19.2 Å². The summed E-state index contributed by atoms with van der Waals surface area (Å²) in [7, 11) is 1.44. The Morgan fingerprint density at radius 2 is 1.77 bits per heavy atom. The monoisotopic (exact) mass is 369 g/mol. The molecule has 0 aliphatic carbocycles. The fraction of sp³-hybridized carbons (Fsp3) is 0.789. The second kappa shape index (κ2) is 14.4. The van der Waals surface area contributed by atoms with Crippen LogP contribution in [0.5, 0.6) is 0 Å². The van der Waals surface area contributed by atoms with Crippen LogP contribution in [0.1, 0.15) is 72.1 Å². The van der Waals surface area contributed by atoms with Gasteiger partial charge in [-0.15, -0.1) is 0 Å². The zero-order valence-corrected chi connectivity index (χ0v) is 16.6. The van der Waals surface area contributed by atoms with Crippen LogP contribution < -0.4 is 10.6 Å². The molecule has 0 saturated heterocycles. The molecule has 0 rings (SSSR count). The summed E-state index contributed by atoms with van der Waals surface area (Å²) >= 11 is 0. The summed E-state index contributed by atoms with van der Waals surface area (Å²) in [5.41, 5.74) is 0. The quantitative estimate of drug-likeness (QED) is 0.429. The van der Waals surface area contributed by atoms with Crippen LogP contribution in [0, 0.1) is 0 Å². The highest BCUT2D eigenvalue weighted by molar-refractivity contribution is 5.94. The first kappa shape index (κ1) is 24.2. The zero-order chi connectivity index (χ0) is 19.9. The SMILES string of the molecule is CCCCC(CCC)NC(C)CC(=O)N(C=O)C(CCC=O)C(=O)NC. The van der Waals surface area contributed by atoms with Crippen molar-refractivity contribution in [1.29, 1.82) is 0 Å². The van der Waals surface area contributed by atoms with Gasteiger partial charge in [0.25, 0.3) is 0 Å². The normalized spacial score (nSPS) is 14.2. The van der Waals surface area contributed by atoms with E-state index >= 15 is 0 Å². The van der Waals surface area contributed by atoms with Crippen LogP contribution in [0.3, 0.4) is 0 Å². The summed E-state index contributed by atoms with van der Waals surface area (Å²) in [4.78, 5) is 47.5. The molecule has 0 aliphatic heterocycles. The summed E-state index contributed by atoms with van der Waals surface area (Å²) < 4.78 is 0. The smallest absolute Gasteiger partial charge is 0.243 e. The molecule has 3 atom stereocenters. The topological polar surface area (TPSA) is 95.6 Å². The molecular formula is C19H35N3O4. The van der Waals surface area contributed by atoms with Crippen LogP contribution in [0.25, 0.3) is 0 Å². The Hall–Kier alpha value is -1.76. The standard InChI is InChI=1S/C19H35N3O4/c1-5-7-10-16(9-6-2)21-15(3)13-18(25)22(14-24)17(11-8-12-23)19(26)20-4/h12,14-17,21H,5-11,13H2,1-4H3,(H,20,26). The molecule has 0 aromatic rings. The van der Waals surface area contributed by atoms with Gasteiger partial charge in [0.1, 0.15) is 12.3 Å². The number of hydrogen-bond acceptors (Lipinski definition) is 5. The first-order chi connectivity index (χ1) is 12.4. The number of imide groups is 1. The fourth-order valence-corrected chi connectivity index (χ4v) is 3.03. The molecule has 0 radical (unpaired) electrons. The molecule has 0 aliphatic rings. The van der Waals surface area contributed by atoms with E-state index in [0.717, 1.165) is 37.0 Å². The minimum Gasteiger partial charge on any atom is -0.357 e. The summed E-state index contributed by atoms with van der Waals surface area (Å²) in [6, 6.07) is -0.707. The maximum atomic E-state index is 12.5. The molecule has 3 unspecified atom stereocenters. The maximum Gasteiger partial charge on any atom is 0.243 e. The summed E-state index contributed by atoms with van der Waals surface area (Å²) in [6.07, 6.45) is 6.84. The van der Waals surface area contributed by atoms with Crippen molar-refractivity contribution in [3.8, 4) is 0 Å². The van der Waals surface area contributed by atoms with E-state index in [1.54, 1.807) is 0 Å². The number of amides is 3. The maximum absolute atomic E-state index is 12.5. The molecule has 7 heteroatoms. The van der Waals surface area contributed by atoms with Gasteiger partial charge in [0.2, 0.25) is 18.2 Å². The lowest BCUT2D eigenvalue weighted by atomic mass is 10.0. The number of aldehydes is 1. The average molecular weight is 370 g/mol. The molecule has 0 spiro atoms. The molecule has 2 N–H and O–H groups in total. The van der Waals surface area contributed by atoms with E-state index < -0.39 is 17.9 Å². The molecule has 0 saturated carbocycles. The Bertz CT molecular complexity index is 443. The van der Waals surface area contributed by atoms with Crippen molar-refractivity contribution in [3.05, 3.63) is 0 Å². The van der Waals surface area contributed by atoms with E-state index in [0.29, 0.717) is 18.7 Å². The second-order valence-corrected chi connectivity index (χ2v) is 6.68. The number of carbonyl (C=O) groups is 4. The highest BCUT2D eigenvalue weighted by atomic mass is 16.2. The number of rotatable bonds is 15. The fourth-order valence-electron chi connectivity index (χ4n) is 3.03. The molecule has 0 bridgehead atoms. The van der Waals surface area contributed by atoms with E-state index in [2.05, 4.69) is 24.5 Å². The summed E-state index contributed by atoms with van der Waals surface area (Å²) in [5.74, 6) is -0.857. The third-order valence-electron chi connectivity index (χ3n) is 4.39. The van der Waals surface area contributed by atoms with Gasteiger partial charge in [0.05, 0.1) is 0 Å². The summed E-state index contributed by atoms with van der Waals surface area (Å²) in [5, 5.41) is 5.91. The van der Waals surface area contributed by atoms with Crippen molar-refractivity contribution in [2.24, 2.45) is 0 Å². The van der Waals surface area contributed by atoms with Crippen LogP contribution in [-0.2, 0) is 19.2 Å². The average Bonchev–Trinajstić information content (AvgIpc) is 2.62. The van der Waals surface area contributed by atoms with Gasteiger partial charge in [0, 0.05) is 32.0 Å². The Labute approximate surface area is 157 Å². The molecule has 0 aromatic heterocycles. The third kappa shape index (κ3) is 9.08. The highest BCUT2D eigenvalue weighted by Gasteiger charge is 2.29. The minimum atomic E-state index is -0.950. The number of likely N-dealkylation sites (N-methyl/N-ethyl adjacent to an activating group) is 1. The van der Waals surface area contributed by atoms with Crippen LogP contribution in [0.15, 0.2) is 0 Å². The Balaban J connectivity index is 4.89. The largest absolute Gasteiger partial charge is 0.357 e. The molecule has 26 heavy (non-hydrogen) atoms. The lowest BCUT2D eigenvalue weighted by Gasteiger charge is -2.27. The first-order valence-corrected chi connectivity index (χ1v) is 9.62. The Kier molecular flexibility index (Phi) is 13.4. The van der Waals surface area contributed by atoms with Gasteiger partial charge < -0.3 is 15.4 Å². The number of hydrogen-bond donors (Lipinski definition) is 2. The molecule has 150 valence electrons. The minimum absolute atomic E-state index is 0.102. The van der Waals surface area contributed by atoms with Crippen LogP contribution in [-0.4, -0.2) is 54.6 Å². The van der Waals surface area contributed by atoms with Gasteiger partial charge in [-0.1, -0.05) is 33.1 Å². The predicted octanol–water partition coefficient (Wildman–Crippen LogP) is 1.79. The number of unbranched alkanes of at least 4 members (excludes halogenated alkanes) is 1. The number of nitrogens with zero attached hydrogens (tertiary/aromatic N) is 1.